The van der Waals surface area contributed by atoms with E-state index in [4.69, 9.17) is 4.74 Å². The Bertz CT molecular complexity index is 350. The van der Waals surface area contributed by atoms with Gasteiger partial charge in [-0.3, -0.25) is 4.79 Å². The summed E-state index contributed by atoms with van der Waals surface area (Å²) in [6.45, 7) is 5.10. The normalized spacial score (nSPS) is 10.8. The van der Waals surface area contributed by atoms with Crippen molar-refractivity contribution in [3.63, 3.8) is 0 Å². The van der Waals surface area contributed by atoms with E-state index >= 15 is 0 Å². The van der Waals surface area contributed by atoms with Crippen LogP contribution in [-0.4, -0.2) is 42.1 Å². The van der Waals surface area contributed by atoms with E-state index in [2.05, 4.69) is 20.9 Å². The van der Waals surface area contributed by atoms with Crippen molar-refractivity contribution in [2.75, 3.05) is 20.2 Å². The molecule has 0 aliphatic carbocycles. The molecule has 0 saturated carbocycles. The molecule has 1 aromatic rings. The fraction of sp³-hybridized carbons (Fsp3) is 0.545. The molecule has 0 saturated heterocycles. The van der Waals surface area contributed by atoms with Gasteiger partial charge in [0.1, 0.15) is 5.69 Å². The second-order valence-corrected chi connectivity index (χ2v) is 4.79. The van der Waals surface area contributed by atoms with Gasteiger partial charge in [-0.2, -0.15) is 0 Å². The first-order chi connectivity index (χ1) is 7.50. The molecular formula is C11H17BrN2O2. The largest absolute Gasteiger partial charge is 0.377 e. The first-order valence-electron chi connectivity index (χ1n) is 5.21. The molecule has 1 rings (SSSR count). The van der Waals surface area contributed by atoms with Crippen molar-refractivity contribution in [3.8, 4) is 0 Å². The number of nitrogens with one attached hydrogen (secondary N) is 1. The van der Waals surface area contributed by atoms with Crippen LogP contribution in [0.15, 0.2) is 16.7 Å². The summed E-state index contributed by atoms with van der Waals surface area (Å²) in [4.78, 5) is 16.4. The minimum Gasteiger partial charge on any atom is -0.377 e. The molecule has 0 aliphatic rings. The van der Waals surface area contributed by atoms with E-state index in [9.17, 15) is 4.79 Å². The third kappa shape index (κ3) is 3.98. The van der Waals surface area contributed by atoms with E-state index in [1.54, 1.807) is 24.2 Å². The fourth-order valence-electron chi connectivity index (χ4n) is 1.22. The molecule has 90 valence electrons. The Hall–Kier alpha value is -0.810. The molecule has 0 fully saturated rings. The minimum atomic E-state index is -0.0296. The zero-order chi connectivity index (χ0) is 12.1. The lowest BCUT2D eigenvalue weighted by Gasteiger charge is -2.17. The zero-order valence-corrected chi connectivity index (χ0v) is 11.4. The van der Waals surface area contributed by atoms with Crippen LogP contribution in [0.5, 0.6) is 0 Å². The van der Waals surface area contributed by atoms with Gasteiger partial charge in [0.2, 0.25) is 0 Å². The predicted molar refractivity (Wildman–Crippen MR) is 66.5 cm³/mol. The highest BCUT2D eigenvalue weighted by molar-refractivity contribution is 9.10. The van der Waals surface area contributed by atoms with E-state index in [-0.39, 0.29) is 12.0 Å². The Morgan fingerprint density at radius 3 is 2.81 bits per heavy atom. The van der Waals surface area contributed by atoms with Gasteiger partial charge >= 0.3 is 0 Å². The maximum Gasteiger partial charge on any atom is 0.270 e. The highest BCUT2D eigenvalue weighted by Gasteiger charge is 2.13. The van der Waals surface area contributed by atoms with Crippen molar-refractivity contribution in [2.24, 2.45) is 0 Å². The number of likely N-dealkylation sites (N-methyl/N-ethyl adjacent to an activating group) is 1. The molecule has 1 heterocycles. The summed E-state index contributed by atoms with van der Waals surface area (Å²) in [6.07, 6.45) is 1.94. The molecule has 0 aromatic carbocycles. The van der Waals surface area contributed by atoms with Crippen LogP contribution in [-0.2, 0) is 4.74 Å². The zero-order valence-electron chi connectivity index (χ0n) is 9.79. The Morgan fingerprint density at radius 2 is 2.31 bits per heavy atom. The molecule has 16 heavy (non-hydrogen) atoms. The SMILES string of the molecule is CC(C)OCCN(C)C(=O)c1cc(Br)c[nH]1. The average molecular weight is 289 g/mol. The van der Waals surface area contributed by atoms with Gasteiger partial charge < -0.3 is 14.6 Å². The third-order valence-corrected chi connectivity index (χ3v) is 2.56. The van der Waals surface area contributed by atoms with Gasteiger partial charge in [-0.1, -0.05) is 0 Å². The molecule has 5 heteroatoms. The summed E-state index contributed by atoms with van der Waals surface area (Å²) in [5, 5.41) is 0. The summed E-state index contributed by atoms with van der Waals surface area (Å²) in [7, 11) is 1.76. The van der Waals surface area contributed by atoms with Crippen LogP contribution >= 0.6 is 15.9 Å². The number of aromatic nitrogens is 1. The van der Waals surface area contributed by atoms with Crippen molar-refractivity contribution in [3.05, 3.63) is 22.4 Å². The van der Waals surface area contributed by atoms with Gasteiger partial charge in [0.25, 0.3) is 5.91 Å². The minimum absolute atomic E-state index is 0.0296. The van der Waals surface area contributed by atoms with Gasteiger partial charge in [-0.25, -0.2) is 0 Å². The van der Waals surface area contributed by atoms with Gasteiger partial charge in [-0.15, -0.1) is 0 Å². The second kappa shape index (κ2) is 6.06. The highest BCUT2D eigenvalue weighted by atomic mass is 79.9. The van der Waals surface area contributed by atoms with Crippen LogP contribution in [0.3, 0.4) is 0 Å². The molecule has 0 unspecified atom stereocenters. The topological polar surface area (TPSA) is 45.3 Å². The molecule has 1 N–H and O–H groups in total. The Morgan fingerprint density at radius 1 is 1.62 bits per heavy atom. The average Bonchev–Trinajstić information content (AvgIpc) is 2.63. The number of carbonyl (C=O) groups is 1. The standard InChI is InChI=1S/C11H17BrN2O2/c1-8(2)16-5-4-14(3)11(15)10-6-9(12)7-13-10/h6-8,13H,4-5H2,1-3H3. The number of amides is 1. The quantitative estimate of drug-likeness (QED) is 0.903. The summed E-state index contributed by atoms with van der Waals surface area (Å²) in [5.74, 6) is -0.0296. The van der Waals surface area contributed by atoms with E-state index < -0.39 is 0 Å². The lowest BCUT2D eigenvalue weighted by molar-refractivity contribution is 0.0529. The summed E-state index contributed by atoms with van der Waals surface area (Å²) in [5.41, 5.74) is 0.582. The van der Waals surface area contributed by atoms with Crippen molar-refractivity contribution in [2.45, 2.75) is 20.0 Å². The number of aromatic amines is 1. The molecule has 0 atom stereocenters. The number of ether oxygens (including phenoxy) is 1. The summed E-state index contributed by atoms with van der Waals surface area (Å²) in [6, 6.07) is 1.77. The summed E-state index contributed by atoms with van der Waals surface area (Å²) >= 11 is 3.29. The molecule has 1 amide bonds. The Balaban J connectivity index is 2.42. The lowest BCUT2D eigenvalue weighted by atomic mass is 10.4. The maximum atomic E-state index is 11.9. The first-order valence-corrected chi connectivity index (χ1v) is 6.01. The second-order valence-electron chi connectivity index (χ2n) is 3.88. The number of hydrogen-bond donors (Lipinski definition) is 1. The third-order valence-electron chi connectivity index (χ3n) is 2.10. The van der Waals surface area contributed by atoms with E-state index in [0.29, 0.717) is 18.8 Å². The molecule has 1 aromatic heterocycles. The predicted octanol–water partition coefficient (Wildman–Crippen LogP) is 2.27. The fourth-order valence-corrected chi connectivity index (χ4v) is 1.57. The van der Waals surface area contributed by atoms with Crippen molar-refractivity contribution < 1.29 is 9.53 Å². The van der Waals surface area contributed by atoms with Crippen LogP contribution in [0.1, 0.15) is 24.3 Å². The van der Waals surface area contributed by atoms with Crippen LogP contribution in [0.4, 0.5) is 0 Å². The van der Waals surface area contributed by atoms with Crippen LogP contribution in [0.25, 0.3) is 0 Å². The Labute approximate surface area is 104 Å². The molecular weight excluding hydrogens is 272 g/mol. The Kier molecular flexibility index (Phi) is 5.02. The molecule has 4 nitrogen and oxygen atoms in total. The van der Waals surface area contributed by atoms with Gasteiger partial charge in [0.15, 0.2) is 0 Å². The number of hydrogen-bond acceptors (Lipinski definition) is 2. The van der Waals surface area contributed by atoms with Crippen LogP contribution in [0.2, 0.25) is 0 Å². The van der Waals surface area contributed by atoms with E-state index in [0.717, 1.165) is 4.47 Å². The van der Waals surface area contributed by atoms with Crippen molar-refractivity contribution >= 4 is 21.8 Å². The lowest BCUT2D eigenvalue weighted by Crippen LogP contribution is -2.30. The van der Waals surface area contributed by atoms with E-state index in [1.807, 2.05) is 13.8 Å². The first kappa shape index (κ1) is 13.3. The molecule has 0 aliphatic heterocycles. The number of rotatable bonds is 5. The van der Waals surface area contributed by atoms with Crippen LogP contribution in [0, 0.1) is 0 Å². The maximum absolute atomic E-state index is 11.9. The number of carbonyl (C=O) groups excluding carboxylic acids is 1. The van der Waals surface area contributed by atoms with Crippen molar-refractivity contribution in [1.82, 2.24) is 9.88 Å². The van der Waals surface area contributed by atoms with Gasteiger partial charge in [0, 0.05) is 24.3 Å². The molecule has 0 spiro atoms. The van der Waals surface area contributed by atoms with Gasteiger partial charge in [-0.05, 0) is 35.8 Å². The number of halogens is 1. The summed E-state index contributed by atoms with van der Waals surface area (Å²) < 4.78 is 6.27. The van der Waals surface area contributed by atoms with Crippen molar-refractivity contribution in [1.29, 1.82) is 0 Å². The van der Waals surface area contributed by atoms with Gasteiger partial charge in [0.05, 0.1) is 12.7 Å². The monoisotopic (exact) mass is 288 g/mol. The smallest absolute Gasteiger partial charge is 0.270 e. The van der Waals surface area contributed by atoms with Crippen LogP contribution < -0.4 is 0 Å². The number of H-pyrrole nitrogens is 1. The highest BCUT2D eigenvalue weighted by Crippen LogP contribution is 2.11. The van der Waals surface area contributed by atoms with E-state index in [1.165, 1.54) is 0 Å². The molecule has 0 bridgehead atoms. The molecule has 0 radical (unpaired) electrons. The number of nitrogens with zero attached hydrogens (tertiary/aromatic N) is 1.